The van der Waals surface area contributed by atoms with Crippen LogP contribution in [-0.2, 0) is 57.0 Å². The molecule has 5 rings (SSSR count). The van der Waals surface area contributed by atoms with Crippen molar-refractivity contribution in [3.8, 4) is 0 Å². The Morgan fingerprint density at radius 2 is 0.738 bits per heavy atom. The van der Waals surface area contributed by atoms with E-state index in [9.17, 15) is 85.9 Å². The standard InChI is InChI=1S/C36H61N3O26/c1-9(45)37-17-23(51)20(48)12(4-40)58-33(17)63-29-16(8-44)61-35(62-28-15(7-43)57-32(56)26(54)25(28)53)19(39-11(3)47)31(29)65-34-18(38-10(2)46)30(22(50)14(6-42)59-34)64-36-27(55)24(52)21(49)13(5-41)60-36/h12-36,40-44,48-56H,4-8H2,1-3H3,(H,37,45)(H,38,46)(H,39,47)/t12-,13-,14-,15-,16-,17-,18-,19-,20-,21+,22+,23-,24+,25-,26-,27-,28-,29+,30-,31-,32?,33?,34?,35?,36?/m1/s1. The highest BCUT2D eigenvalue weighted by atomic mass is 16.8. The van der Waals surface area contributed by atoms with E-state index in [1.807, 2.05) is 0 Å². The van der Waals surface area contributed by atoms with Gasteiger partial charge in [0.15, 0.2) is 31.5 Å². The van der Waals surface area contributed by atoms with Crippen LogP contribution in [0.15, 0.2) is 0 Å². The molecular formula is C36H61N3O26. The summed E-state index contributed by atoms with van der Waals surface area (Å²) >= 11 is 0. The van der Waals surface area contributed by atoms with Crippen LogP contribution < -0.4 is 16.0 Å². The van der Waals surface area contributed by atoms with Crippen LogP contribution >= 0.6 is 0 Å². The SMILES string of the molecule is CC(=O)N[C@H]1C(O[C@@H]2[C@H](OC3O[C@H](CO)[C@H](O)[C@H](OC4O[C@H](CO)[C@H](O)[C@H](O)[C@H]4O)[C@H]3NC(C)=O)[C@@H](NC(C)=O)C(O[C@H]3[C@H](O)[C@@H](O)C(O)O[C@@H]3CO)O[C@@H]2CO)O[C@H](CO)[C@@H](O)[C@@H]1O. The zero-order chi connectivity index (χ0) is 48.2. The summed E-state index contributed by atoms with van der Waals surface area (Å²) in [7, 11) is 0. The zero-order valence-electron chi connectivity index (χ0n) is 35.1. The number of aliphatic hydroxyl groups excluding tert-OH is 14. The summed E-state index contributed by atoms with van der Waals surface area (Å²) in [5.74, 6) is -2.49. The van der Waals surface area contributed by atoms with E-state index in [2.05, 4.69) is 16.0 Å². The molecule has 65 heavy (non-hydrogen) atoms. The number of rotatable bonds is 16. The molecule has 0 aromatic heterocycles. The van der Waals surface area contributed by atoms with Crippen LogP contribution in [0.1, 0.15) is 20.8 Å². The van der Waals surface area contributed by atoms with Crippen molar-refractivity contribution in [3.63, 3.8) is 0 Å². The lowest BCUT2D eigenvalue weighted by molar-refractivity contribution is -0.380. The van der Waals surface area contributed by atoms with Crippen molar-refractivity contribution in [1.29, 1.82) is 0 Å². The lowest BCUT2D eigenvalue weighted by atomic mass is 9.92. The van der Waals surface area contributed by atoms with Crippen LogP contribution in [0.3, 0.4) is 0 Å². The largest absolute Gasteiger partial charge is 0.394 e. The maximum absolute atomic E-state index is 13.0. The smallest absolute Gasteiger partial charge is 0.217 e. The van der Waals surface area contributed by atoms with E-state index >= 15 is 0 Å². The Morgan fingerprint density at radius 3 is 1.25 bits per heavy atom. The van der Waals surface area contributed by atoms with Gasteiger partial charge in [0.25, 0.3) is 0 Å². The minimum Gasteiger partial charge on any atom is -0.394 e. The molecule has 0 aromatic carbocycles. The summed E-state index contributed by atoms with van der Waals surface area (Å²) < 4.78 is 53.1. The topological polar surface area (TPSA) is 454 Å². The molecular weight excluding hydrogens is 890 g/mol. The molecule has 0 radical (unpaired) electrons. The highest BCUT2D eigenvalue weighted by Crippen LogP contribution is 2.37. The van der Waals surface area contributed by atoms with Gasteiger partial charge in [0.05, 0.1) is 33.0 Å². The molecule has 0 saturated carbocycles. The third-order valence-corrected chi connectivity index (χ3v) is 11.5. The van der Waals surface area contributed by atoms with Gasteiger partial charge in [0.1, 0.15) is 122 Å². The van der Waals surface area contributed by atoms with Crippen LogP contribution in [0.2, 0.25) is 0 Å². The number of ether oxygens (including phenoxy) is 9. The van der Waals surface area contributed by atoms with Crippen LogP contribution in [0.4, 0.5) is 0 Å². The van der Waals surface area contributed by atoms with Gasteiger partial charge in [0, 0.05) is 20.8 Å². The minimum absolute atomic E-state index is 0.774. The van der Waals surface area contributed by atoms with E-state index in [4.69, 9.17) is 42.6 Å². The molecule has 0 aromatic rings. The van der Waals surface area contributed by atoms with Gasteiger partial charge in [-0.15, -0.1) is 0 Å². The maximum Gasteiger partial charge on any atom is 0.217 e. The molecule has 5 aliphatic rings. The average molecular weight is 952 g/mol. The fraction of sp³-hybridized carbons (Fsp3) is 0.917. The first-order valence-electron chi connectivity index (χ1n) is 20.6. The molecule has 0 spiro atoms. The molecule has 29 heteroatoms. The van der Waals surface area contributed by atoms with Gasteiger partial charge in [-0.25, -0.2) is 0 Å². The van der Waals surface area contributed by atoms with E-state index in [1.54, 1.807) is 0 Å². The molecule has 5 aliphatic heterocycles. The van der Waals surface area contributed by atoms with Crippen molar-refractivity contribution in [2.75, 3.05) is 33.0 Å². The van der Waals surface area contributed by atoms with Gasteiger partial charge < -0.3 is 130 Å². The van der Waals surface area contributed by atoms with Crippen molar-refractivity contribution in [1.82, 2.24) is 16.0 Å². The second kappa shape index (κ2) is 23.2. The minimum atomic E-state index is -2.06. The second-order valence-corrected chi connectivity index (χ2v) is 16.2. The van der Waals surface area contributed by atoms with E-state index in [-0.39, 0.29) is 0 Å². The number of hydrogen-bond donors (Lipinski definition) is 17. The predicted molar refractivity (Wildman–Crippen MR) is 201 cm³/mol. The molecule has 25 atom stereocenters. The number of aliphatic hydroxyl groups is 14. The highest BCUT2D eigenvalue weighted by Gasteiger charge is 2.58. The Balaban J connectivity index is 1.62. The van der Waals surface area contributed by atoms with Crippen LogP contribution in [0.25, 0.3) is 0 Å². The first-order valence-corrected chi connectivity index (χ1v) is 20.6. The Labute approximate surface area is 369 Å². The summed E-state index contributed by atoms with van der Waals surface area (Å²) in [6.45, 7) is -1.73. The lowest BCUT2D eigenvalue weighted by Crippen LogP contribution is -2.73. The molecule has 29 nitrogen and oxygen atoms in total. The third kappa shape index (κ3) is 11.9. The van der Waals surface area contributed by atoms with Gasteiger partial charge in [0.2, 0.25) is 17.7 Å². The highest BCUT2D eigenvalue weighted by molar-refractivity contribution is 5.74. The number of carbonyl (C=O) groups excluding carboxylic acids is 3. The summed E-state index contributed by atoms with van der Waals surface area (Å²) in [6, 6.07) is -5.22. The second-order valence-electron chi connectivity index (χ2n) is 16.2. The molecule has 3 amide bonds. The molecule has 5 unspecified atom stereocenters. The van der Waals surface area contributed by atoms with Crippen molar-refractivity contribution in [3.05, 3.63) is 0 Å². The van der Waals surface area contributed by atoms with Gasteiger partial charge in [-0.3, -0.25) is 14.4 Å². The van der Waals surface area contributed by atoms with Gasteiger partial charge in [-0.05, 0) is 0 Å². The molecule has 0 aliphatic carbocycles. The van der Waals surface area contributed by atoms with Crippen LogP contribution in [0.5, 0.6) is 0 Å². The summed E-state index contributed by atoms with van der Waals surface area (Å²) in [5, 5.41) is 155. The average Bonchev–Trinajstić information content (AvgIpc) is 3.26. The third-order valence-electron chi connectivity index (χ3n) is 11.5. The van der Waals surface area contributed by atoms with Crippen LogP contribution in [0, 0.1) is 0 Å². The Bertz CT molecular complexity index is 1550. The molecule has 0 bridgehead atoms. The monoisotopic (exact) mass is 951 g/mol. The predicted octanol–water partition coefficient (Wildman–Crippen LogP) is -11.5. The number of carbonyl (C=O) groups is 3. The molecule has 376 valence electrons. The van der Waals surface area contributed by atoms with Crippen molar-refractivity contribution < 1.29 is 129 Å². The molecule has 17 N–H and O–H groups in total. The van der Waals surface area contributed by atoms with E-state index in [0.717, 1.165) is 20.8 Å². The van der Waals surface area contributed by atoms with Gasteiger partial charge in [-0.1, -0.05) is 0 Å². The summed E-state index contributed by atoms with van der Waals surface area (Å²) in [4.78, 5) is 38.2. The van der Waals surface area contributed by atoms with Crippen molar-refractivity contribution >= 4 is 17.7 Å². The zero-order valence-corrected chi connectivity index (χ0v) is 35.1. The van der Waals surface area contributed by atoms with Gasteiger partial charge in [-0.2, -0.15) is 0 Å². The van der Waals surface area contributed by atoms with E-state index in [1.165, 1.54) is 0 Å². The number of hydrogen-bond acceptors (Lipinski definition) is 26. The van der Waals surface area contributed by atoms with Crippen LogP contribution in [-0.4, -0.2) is 276 Å². The molecule has 5 fully saturated rings. The quantitative estimate of drug-likeness (QED) is 0.0683. The first kappa shape index (κ1) is 53.4. The van der Waals surface area contributed by atoms with E-state index < -0.39 is 204 Å². The Morgan fingerprint density at radius 1 is 0.369 bits per heavy atom. The molecule has 5 heterocycles. The van der Waals surface area contributed by atoms with Crippen molar-refractivity contribution in [2.24, 2.45) is 0 Å². The fourth-order valence-corrected chi connectivity index (χ4v) is 8.24. The fourth-order valence-electron chi connectivity index (χ4n) is 8.24. The maximum atomic E-state index is 13.0. The Kier molecular flexibility index (Phi) is 19.1. The normalized spacial score (nSPS) is 47.1. The number of nitrogens with one attached hydrogen (secondary N) is 3. The summed E-state index contributed by atoms with van der Waals surface area (Å²) in [6.07, 6.45) is -41.0. The lowest BCUT2D eigenvalue weighted by Gasteiger charge is -2.52. The summed E-state index contributed by atoms with van der Waals surface area (Å²) in [5.41, 5.74) is 0. The first-order chi connectivity index (χ1) is 30.7. The Hall–Kier alpha value is -2.51. The van der Waals surface area contributed by atoms with Crippen molar-refractivity contribution in [2.45, 2.75) is 174 Å². The van der Waals surface area contributed by atoms with E-state index in [0.29, 0.717) is 0 Å². The van der Waals surface area contributed by atoms with Gasteiger partial charge >= 0.3 is 0 Å². The number of amides is 3. The molecule has 5 saturated heterocycles.